The summed E-state index contributed by atoms with van der Waals surface area (Å²) in [4.78, 5) is 26.5. The lowest BCUT2D eigenvalue weighted by Crippen LogP contribution is -2.33. The highest BCUT2D eigenvalue weighted by Gasteiger charge is 2.15. The Morgan fingerprint density at radius 1 is 1.32 bits per heavy atom. The molecule has 0 spiro atoms. The van der Waals surface area contributed by atoms with Crippen LogP contribution in [0.15, 0.2) is 29.1 Å². The quantitative estimate of drug-likeness (QED) is 0.623. The van der Waals surface area contributed by atoms with E-state index in [4.69, 9.17) is 27.4 Å². The fourth-order valence-electron chi connectivity index (χ4n) is 2.32. The van der Waals surface area contributed by atoms with Crippen LogP contribution in [0.3, 0.4) is 0 Å². The summed E-state index contributed by atoms with van der Waals surface area (Å²) in [6.45, 7) is 0.638. The third kappa shape index (κ3) is 4.46. The van der Waals surface area contributed by atoms with Crippen molar-refractivity contribution in [3.8, 4) is 22.8 Å². The molecule has 0 aliphatic rings. The van der Waals surface area contributed by atoms with Gasteiger partial charge in [-0.25, -0.2) is 0 Å². The average molecular weight is 364 g/mol. The first-order valence-electron chi connectivity index (χ1n) is 7.53. The highest BCUT2D eigenvalue weighted by molar-refractivity contribution is 7.71. The third-order valence-corrected chi connectivity index (χ3v) is 3.81. The van der Waals surface area contributed by atoms with Gasteiger partial charge in [-0.2, -0.15) is 0 Å². The first-order valence-corrected chi connectivity index (χ1v) is 7.94. The monoisotopic (exact) mass is 364 g/mol. The summed E-state index contributed by atoms with van der Waals surface area (Å²) in [7, 11) is 3.06. The minimum Gasteiger partial charge on any atom is -0.497 e. The van der Waals surface area contributed by atoms with Crippen molar-refractivity contribution in [2.45, 2.75) is 6.54 Å². The number of nitrogens with one attached hydrogen (secondary N) is 2. The van der Waals surface area contributed by atoms with E-state index in [0.29, 0.717) is 35.8 Å². The summed E-state index contributed by atoms with van der Waals surface area (Å²) in [5, 5.41) is 2.67. The maximum Gasteiger partial charge on any atom is 0.252 e. The SMILES string of the molecule is COc1ccc(-c2cc(=O)[nH]c(=S)n2CC(=O)NCCN)c(OC)c1. The molecule has 1 aromatic heterocycles. The van der Waals surface area contributed by atoms with Crippen LogP contribution in [-0.4, -0.2) is 42.8 Å². The number of nitrogens with two attached hydrogens (primary N) is 1. The summed E-state index contributed by atoms with van der Waals surface area (Å²) in [6, 6.07) is 6.55. The number of carbonyl (C=O) groups excluding carboxylic acids is 1. The molecular weight excluding hydrogens is 344 g/mol. The second kappa shape index (κ2) is 8.45. The number of amides is 1. The van der Waals surface area contributed by atoms with Crippen molar-refractivity contribution < 1.29 is 14.3 Å². The minimum absolute atomic E-state index is 0.0554. The van der Waals surface area contributed by atoms with Crippen LogP contribution in [0, 0.1) is 4.77 Å². The second-order valence-electron chi connectivity index (χ2n) is 5.11. The van der Waals surface area contributed by atoms with Gasteiger partial charge in [0.2, 0.25) is 5.91 Å². The third-order valence-electron chi connectivity index (χ3n) is 3.49. The number of aromatic amines is 1. The Balaban J connectivity index is 2.55. The van der Waals surface area contributed by atoms with Crippen LogP contribution < -0.4 is 26.1 Å². The van der Waals surface area contributed by atoms with Gasteiger partial charge in [-0.3, -0.25) is 14.6 Å². The molecular formula is C16H20N4O4S. The Morgan fingerprint density at radius 2 is 2.08 bits per heavy atom. The van der Waals surface area contributed by atoms with Crippen LogP contribution in [0.1, 0.15) is 0 Å². The first kappa shape index (κ1) is 18.7. The summed E-state index contributed by atoms with van der Waals surface area (Å²) in [5.74, 6) is 0.842. The van der Waals surface area contributed by atoms with Crippen molar-refractivity contribution in [2.75, 3.05) is 27.3 Å². The lowest BCUT2D eigenvalue weighted by atomic mass is 10.1. The van der Waals surface area contributed by atoms with E-state index in [2.05, 4.69) is 10.3 Å². The fourth-order valence-corrected chi connectivity index (χ4v) is 2.59. The molecule has 0 aliphatic carbocycles. The van der Waals surface area contributed by atoms with E-state index in [0.717, 1.165) is 0 Å². The molecule has 1 amide bonds. The van der Waals surface area contributed by atoms with Crippen LogP contribution in [0.25, 0.3) is 11.3 Å². The Labute approximate surface area is 149 Å². The van der Waals surface area contributed by atoms with Crippen LogP contribution in [0.5, 0.6) is 11.5 Å². The maximum atomic E-state index is 12.1. The predicted octanol–water partition coefficient (Wildman–Crippen LogP) is 0.665. The van der Waals surface area contributed by atoms with E-state index in [9.17, 15) is 9.59 Å². The van der Waals surface area contributed by atoms with Crippen molar-refractivity contribution in [2.24, 2.45) is 5.73 Å². The summed E-state index contributed by atoms with van der Waals surface area (Å²) < 4.78 is 12.2. The molecule has 0 bridgehead atoms. The van der Waals surface area contributed by atoms with Gasteiger partial charge in [-0.15, -0.1) is 0 Å². The molecule has 0 radical (unpaired) electrons. The van der Waals surface area contributed by atoms with Gasteiger partial charge in [-0.1, -0.05) is 0 Å². The number of methoxy groups -OCH3 is 2. The van der Waals surface area contributed by atoms with Gasteiger partial charge in [0.25, 0.3) is 5.56 Å². The fraction of sp³-hybridized carbons (Fsp3) is 0.312. The number of aromatic nitrogens is 2. The lowest BCUT2D eigenvalue weighted by molar-refractivity contribution is -0.121. The number of hydrogen-bond donors (Lipinski definition) is 3. The zero-order chi connectivity index (χ0) is 18.4. The average Bonchev–Trinajstić information content (AvgIpc) is 2.61. The maximum absolute atomic E-state index is 12.1. The highest BCUT2D eigenvalue weighted by atomic mass is 32.1. The van der Waals surface area contributed by atoms with E-state index >= 15 is 0 Å². The van der Waals surface area contributed by atoms with Crippen molar-refractivity contribution in [1.29, 1.82) is 0 Å². The molecule has 1 aromatic carbocycles. The van der Waals surface area contributed by atoms with Crippen LogP contribution in [0.4, 0.5) is 0 Å². The molecule has 0 unspecified atom stereocenters. The van der Waals surface area contributed by atoms with E-state index < -0.39 is 0 Å². The minimum atomic E-state index is -0.364. The smallest absolute Gasteiger partial charge is 0.252 e. The molecule has 8 nitrogen and oxygen atoms in total. The molecule has 0 saturated carbocycles. The van der Waals surface area contributed by atoms with Gasteiger partial charge in [0.05, 0.1) is 19.9 Å². The van der Waals surface area contributed by atoms with Crippen LogP contribution >= 0.6 is 12.2 Å². The summed E-state index contributed by atoms with van der Waals surface area (Å²) in [5.41, 5.74) is 6.11. The van der Waals surface area contributed by atoms with Gasteiger partial charge in [0, 0.05) is 30.8 Å². The molecule has 2 aromatic rings. The second-order valence-corrected chi connectivity index (χ2v) is 5.50. The predicted molar refractivity (Wildman–Crippen MR) is 96.5 cm³/mol. The summed E-state index contributed by atoms with van der Waals surface area (Å²) in [6.07, 6.45) is 0. The Bertz CT molecular complexity index is 875. The van der Waals surface area contributed by atoms with Gasteiger partial charge in [0.1, 0.15) is 18.0 Å². The topological polar surface area (TPSA) is 111 Å². The molecule has 0 saturated heterocycles. The summed E-state index contributed by atoms with van der Waals surface area (Å²) >= 11 is 5.22. The Morgan fingerprint density at radius 3 is 2.72 bits per heavy atom. The van der Waals surface area contributed by atoms with Gasteiger partial charge < -0.3 is 25.1 Å². The highest BCUT2D eigenvalue weighted by Crippen LogP contribution is 2.32. The van der Waals surface area contributed by atoms with E-state index in [-0.39, 0.29) is 22.8 Å². The number of H-pyrrole nitrogens is 1. The normalized spacial score (nSPS) is 10.4. The van der Waals surface area contributed by atoms with E-state index in [1.807, 2.05) is 0 Å². The molecule has 0 atom stereocenters. The number of benzene rings is 1. The number of hydrogen-bond acceptors (Lipinski definition) is 6. The van der Waals surface area contributed by atoms with Crippen molar-refractivity contribution in [1.82, 2.24) is 14.9 Å². The zero-order valence-electron chi connectivity index (χ0n) is 14.0. The molecule has 0 fully saturated rings. The molecule has 4 N–H and O–H groups in total. The molecule has 25 heavy (non-hydrogen) atoms. The first-order chi connectivity index (χ1) is 12.0. The lowest BCUT2D eigenvalue weighted by Gasteiger charge is -2.16. The molecule has 9 heteroatoms. The molecule has 134 valence electrons. The van der Waals surface area contributed by atoms with Crippen molar-refractivity contribution >= 4 is 18.1 Å². The Kier molecular flexibility index (Phi) is 6.31. The van der Waals surface area contributed by atoms with Gasteiger partial charge in [0.15, 0.2) is 4.77 Å². The Hall–Kier alpha value is -2.65. The van der Waals surface area contributed by atoms with Crippen molar-refractivity contribution in [3.63, 3.8) is 0 Å². The van der Waals surface area contributed by atoms with Crippen LogP contribution in [-0.2, 0) is 11.3 Å². The van der Waals surface area contributed by atoms with E-state index in [1.54, 1.807) is 25.3 Å². The molecule has 2 rings (SSSR count). The van der Waals surface area contributed by atoms with Gasteiger partial charge in [-0.05, 0) is 24.4 Å². The standard InChI is InChI=1S/C16H20N4O4S/c1-23-10-3-4-11(13(7-10)24-2)12-8-14(21)19-16(25)20(12)9-15(22)18-6-5-17/h3-4,7-8H,5-6,9,17H2,1-2H3,(H,18,22)(H,19,21,25). The van der Waals surface area contributed by atoms with E-state index in [1.165, 1.54) is 17.7 Å². The number of rotatable bonds is 7. The van der Waals surface area contributed by atoms with Crippen molar-refractivity contribution in [3.05, 3.63) is 39.4 Å². The zero-order valence-corrected chi connectivity index (χ0v) is 14.8. The van der Waals surface area contributed by atoms with Gasteiger partial charge >= 0.3 is 0 Å². The molecule has 0 aliphatic heterocycles. The van der Waals surface area contributed by atoms with Crippen LogP contribution in [0.2, 0.25) is 0 Å². The number of ether oxygens (including phenoxy) is 2. The molecule has 1 heterocycles. The number of carbonyl (C=O) groups is 1. The number of nitrogens with zero attached hydrogens (tertiary/aromatic N) is 1. The largest absolute Gasteiger partial charge is 0.497 e.